The molecule has 0 aliphatic rings. The maximum atomic E-state index is 6.05. The summed E-state index contributed by atoms with van der Waals surface area (Å²) in [6, 6.07) is 10.00. The molecule has 0 bridgehead atoms. The van der Waals surface area contributed by atoms with Crippen molar-refractivity contribution in [2.45, 2.75) is 39.2 Å². The topological polar surface area (TPSA) is 35.2 Å². The lowest BCUT2D eigenvalue weighted by Crippen LogP contribution is -2.30. The molecule has 0 aliphatic heterocycles. The minimum Gasteiger partial charge on any atom is -0.492 e. The molecule has 2 nitrogen and oxygen atoms in total. The van der Waals surface area contributed by atoms with Crippen molar-refractivity contribution in [3.63, 3.8) is 0 Å². The fourth-order valence-electron chi connectivity index (χ4n) is 1.84. The molecule has 2 N–H and O–H groups in total. The molecule has 0 heterocycles. The standard InChI is InChI=1S/C14H23NO/c1-3-12(4-2)10-13(15)11-16-14-8-6-5-7-9-14/h5-9,12-13H,3-4,10-11,15H2,1-2H3. The average Bonchev–Trinajstić information content (AvgIpc) is 2.34. The van der Waals surface area contributed by atoms with Crippen molar-refractivity contribution in [2.75, 3.05) is 6.61 Å². The highest BCUT2D eigenvalue weighted by molar-refractivity contribution is 5.20. The van der Waals surface area contributed by atoms with Crippen LogP contribution in [0.2, 0.25) is 0 Å². The summed E-state index contributed by atoms with van der Waals surface area (Å²) in [4.78, 5) is 0. The van der Waals surface area contributed by atoms with E-state index in [4.69, 9.17) is 10.5 Å². The molecule has 1 atom stereocenters. The lowest BCUT2D eigenvalue weighted by molar-refractivity contribution is 0.261. The minimum absolute atomic E-state index is 0.144. The Hall–Kier alpha value is -1.02. The smallest absolute Gasteiger partial charge is 0.119 e. The molecule has 0 aliphatic carbocycles. The van der Waals surface area contributed by atoms with Gasteiger partial charge in [-0.15, -0.1) is 0 Å². The summed E-state index contributed by atoms with van der Waals surface area (Å²) in [5.41, 5.74) is 6.05. The second-order valence-electron chi connectivity index (χ2n) is 4.30. The Bertz CT molecular complexity index is 269. The van der Waals surface area contributed by atoms with Gasteiger partial charge in [-0.3, -0.25) is 0 Å². The Labute approximate surface area is 98.8 Å². The van der Waals surface area contributed by atoms with Crippen LogP contribution in [-0.2, 0) is 0 Å². The van der Waals surface area contributed by atoms with Crippen LogP contribution >= 0.6 is 0 Å². The maximum absolute atomic E-state index is 6.05. The first kappa shape index (κ1) is 13.0. The summed E-state index contributed by atoms with van der Waals surface area (Å²) < 4.78 is 5.63. The lowest BCUT2D eigenvalue weighted by Gasteiger charge is -2.18. The summed E-state index contributed by atoms with van der Waals surface area (Å²) >= 11 is 0. The predicted molar refractivity (Wildman–Crippen MR) is 68.6 cm³/mol. The van der Waals surface area contributed by atoms with Crippen LogP contribution in [-0.4, -0.2) is 12.6 Å². The zero-order valence-corrected chi connectivity index (χ0v) is 10.4. The van der Waals surface area contributed by atoms with E-state index in [9.17, 15) is 0 Å². The van der Waals surface area contributed by atoms with Crippen LogP contribution in [0.1, 0.15) is 33.1 Å². The molecule has 0 fully saturated rings. The molecule has 1 aromatic rings. The zero-order chi connectivity index (χ0) is 11.8. The van der Waals surface area contributed by atoms with Gasteiger partial charge in [0.25, 0.3) is 0 Å². The van der Waals surface area contributed by atoms with Crippen molar-refractivity contribution in [3.05, 3.63) is 30.3 Å². The van der Waals surface area contributed by atoms with Crippen LogP contribution in [0, 0.1) is 5.92 Å². The highest BCUT2D eigenvalue weighted by atomic mass is 16.5. The molecule has 0 aromatic heterocycles. The Kier molecular flexibility index (Phi) is 5.94. The summed E-state index contributed by atoms with van der Waals surface area (Å²) in [6.07, 6.45) is 3.46. The molecule has 2 heteroatoms. The van der Waals surface area contributed by atoms with E-state index in [0.29, 0.717) is 6.61 Å². The van der Waals surface area contributed by atoms with E-state index in [1.807, 2.05) is 30.3 Å². The molecule has 0 saturated carbocycles. The van der Waals surface area contributed by atoms with Crippen LogP contribution in [0.15, 0.2) is 30.3 Å². The first-order valence-electron chi connectivity index (χ1n) is 6.19. The van der Waals surface area contributed by atoms with Gasteiger partial charge in [0.1, 0.15) is 12.4 Å². The molecule has 1 aromatic carbocycles. The normalized spacial score (nSPS) is 12.8. The van der Waals surface area contributed by atoms with Gasteiger partial charge in [-0.05, 0) is 24.5 Å². The Morgan fingerprint density at radius 3 is 2.31 bits per heavy atom. The van der Waals surface area contributed by atoms with Gasteiger partial charge in [0, 0.05) is 6.04 Å². The van der Waals surface area contributed by atoms with Crippen molar-refractivity contribution < 1.29 is 4.74 Å². The summed E-state index contributed by atoms with van der Waals surface area (Å²) in [7, 11) is 0. The second-order valence-corrected chi connectivity index (χ2v) is 4.30. The number of para-hydroxylation sites is 1. The zero-order valence-electron chi connectivity index (χ0n) is 10.4. The largest absolute Gasteiger partial charge is 0.492 e. The molecule has 1 rings (SSSR count). The van der Waals surface area contributed by atoms with Gasteiger partial charge in [0.2, 0.25) is 0 Å². The van der Waals surface area contributed by atoms with E-state index in [1.54, 1.807) is 0 Å². The first-order valence-corrected chi connectivity index (χ1v) is 6.19. The van der Waals surface area contributed by atoms with E-state index in [1.165, 1.54) is 12.8 Å². The van der Waals surface area contributed by atoms with Gasteiger partial charge in [0.05, 0.1) is 0 Å². The lowest BCUT2D eigenvalue weighted by atomic mass is 9.95. The molecule has 16 heavy (non-hydrogen) atoms. The average molecular weight is 221 g/mol. The van der Waals surface area contributed by atoms with Crippen molar-refractivity contribution in [3.8, 4) is 5.75 Å². The van der Waals surface area contributed by atoms with Gasteiger partial charge in [-0.1, -0.05) is 44.9 Å². The van der Waals surface area contributed by atoms with Gasteiger partial charge in [-0.25, -0.2) is 0 Å². The third-order valence-corrected chi connectivity index (χ3v) is 3.00. The van der Waals surface area contributed by atoms with Crippen molar-refractivity contribution >= 4 is 0 Å². The molecule has 90 valence electrons. The van der Waals surface area contributed by atoms with Gasteiger partial charge >= 0.3 is 0 Å². The van der Waals surface area contributed by atoms with E-state index in [2.05, 4.69) is 13.8 Å². The third kappa shape index (κ3) is 4.67. The molecule has 0 radical (unpaired) electrons. The van der Waals surface area contributed by atoms with Crippen LogP contribution < -0.4 is 10.5 Å². The van der Waals surface area contributed by atoms with Crippen molar-refractivity contribution in [1.29, 1.82) is 0 Å². The summed E-state index contributed by atoms with van der Waals surface area (Å²) in [6.45, 7) is 5.05. The van der Waals surface area contributed by atoms with Crippen molar-refractivity contribution in [2.24, 2.45) is 11.7 Å². The molecular formula is C14H23NO. The monoisotopic (exact) mass is 221 g/mol. The number of benzene rings is 1. The van der Waals surface area contributed by atoms with Gasteiger partial charge in [0.15, 0.2) is 0 Å². The van der Waals surface area contributed by atoms with E-state index in [0.717, 1.165) is 18.1 Å². The van der Waals surface area contributed by atoms with E-state index >= 15 is 0 Å². The predicted octanol–water partition coefficient (Wildman–Crippen LogP) is 3.22. The molecular weight excluding hydrogens is 198 g/mol. The Morgan fingerprint density at radius 1 is 1.12 bits per heavy atom. The molecule has 0 spiro atoms. The molecule has 1 unspecified atom stereocenters. The van der Waals surface area contributed by atoms with Crippen LogP contribution in [0.25, 0.3) is 0 Å². The quantitative estimate of drug-likeness (QED) is 0.767. The van der Waals surface area contributed by atoms with Crippen molar-refractivity contribution in [1.82, 2.24) is 0 Å². The Balaban J connectivity index is 2.27. The maximum Gasteiger partial charge on any atom is 0.119 e. The van der Waals surface area contributed by atoms with Crippen LogP contribution in [0.3, 0.4) is 0 Å². The first-order chi connectivity index (χ1) is 7.76. The second kappa shape index (κ2) is 7.29. The van der Waals surface area contributed by atoms with Gasteiger partial charge < -0.3 is 10.5 Å². The SMILES string of the molecule is CCC(CC)CC(N)COc1ccccc1. The van der Waals surface area contributed by atoms with E-state index < -0.39 is 0 Å². The number of rotatable bonds is 7. The number of ether oxygens (including phenoxy) is 1. The summed E-state index contributed by atoms with van der Waals surface area (Å²) in [5.74, 6) is 1.64. The number of hydrogen-bond donors (Lipinski definition) is 1. The number of nitrogens with two attached hydrogens (primary N) is 1. The number of hydrogen-bond acceptors (Lipinski definition) is 2. The highest BCUT2D eigenvalue weighted by Gasteiger charge is 2.10. The van der Waals surface area contributed by atoms with Gasteiger partial charge in [-0.2, -0.15) is 0 Å². The third-order valence-electron chi connectivity index (χ3n) is 3.00. The molecule has 0 saturated heterocycles. The fraction of sp³-hybridized carbons (Fsp3) is 0.571. The highest BCUT2D eigenvalue weighted by Crippen LogP contribution is 2.15. The fourth-order valence-corrected chi connectivity index (χ4v) is 1.84. The summed E-state index contributed by atoms with van der Waals surface area (Å²) in [5, 5.41) is 0. The minimum atomic E-state index is 0.144. The Morgan fingerprint density at radius 2 is 1.75 bits per heavy atom. The molecule has 0 amide bonds. The van der Waals surface area contributed by atoms with Crippen LogP contribution in [0.4, 0.5) is 0 Å². The van der Waals surface area contributed by atoms with Crippen LogP contribution in [0.5, 0.6) is 5.75 Å². The van der Waals surface area contributed by atoms with E-state index in [-0.39, 0.29) is 6.04 Å².